The average molecular weight is 577 g/mol. The molecule has 1 aliphatic heterocycles. The minimum absolute atomic E-state index is 0. The van der Waals surface area contributed by atoms with Crippen molar-refractivity contribution >= 4 is 59.0 Å². The zero-order chi connectivity index (χ0) is 21.5. The second kappa shape index (κ2) is 12.5. The van der Waals surface area contributed by atoms with Crippen molar-refractivity contribution in [1.82, 2.24) is 10.6 Å². The first-order valence-corrected chi connectivity index (χ1v) is 10.7. The van der Waals surface area contributed by atoms with E-state index in [1.807, 2.05) is 31.2 Å². The third kappa shape index (κ3) is 7.82. The summed E-state index contributed by atoms with van der Waals surface area (Å²) in [7, 11) is 0. The van der Waals surface area contributed by atoms with Gasteiger partial charge in [0, 0.05) is 28.8 Å². The summed E-state index contributed by atoms with van der Waals surface area (Å²) in [6.45, 7) is 3.60. The summed E-state index contributed by atoms with van der Waals surface area (Å²) >= 11 is 12.2. The molecule has 0 saturated carbocycles. The molecular weight excluding hydrogens is 550 g/mol. The molecule has 0 bridgehead atoms. The van der Waals surface area contributed by atoms with Gasteiger partial charge in [-0.05, 0) is 55.2 Å². The normalized spacial score (nSPS) is 17.0. The van der Waals surface area contributed by atoms with Crippen LogP contribution < -0.4 is 16.4 Å². The van der Waals surface area contributed by atoms with Crippen LogP contribution in [0.2, 0.25) is 10.0 Å². The lowest BCUT2D eigenvalue weighted by Gasteiger charge is -2.16. The monoisotopic (exact) mass is 576 g/mol. The standard InChI is InChI=1S/C22H26Cl2N4O2.HI/c1-14(19-8-7-17(23)11-20(19)24)28-22(25)27-12-15-4-2-5-16(10-15)21(29)26-13-18-6-3-9-30-18;/h2,4-5,7-8,10-11,14,18H,3,6,9,12-13H2,1H3,(H,26,29)(H3,25,27,28);1H. The zero-order valence-electron chi connectivity index (χ0n) is 17.2. The minimum atomic E-state index is -0.131. The third-order valence-corrected chi connectivity index (χ3v) is 5.49. The predicted molar refractivity (Wildman–Crippen MR) is 137 cm³/mol. The maximum absolute atomic E-state index is 12.4. The van der Waals surface area contributed by atoms with Gasteiger partial charge in [-0.2, -0.15) is 0 Å². The summed E-state index contributed by atoms with van der Waals surface area (Å²) in [5, 5.41) is 7.20. The Morgan fingerprint density at radius 3 is 2.81 bits per heavy atom. The SMILES string of the molecule is CC(NC(N)=NCc1cccc(C(=O)NCC2CCCO2)c1)c1ccc(Cl)cc1Cl.I. The summed E-state index contributed by atoms with van der Waals surface area (Å²) in [6, 6.07) is 12.6. The molecule has 1 aliphatic rings. The van der Waals surface area contributed by atoms with Crippen molar-refractivity contribution in [1.29, 1.82) is 0 Å². The zero-order valence-corrected chi connectivity index (χ0v) is 21.1. The number of carbonyl (C=O) groups excluding carboxylic acids is 1. The number of rotatable bonds is 7. The van der Waals surface area contributed by atoms with Gasteiger partial charge >= 0.3 is 0 Å². The number of amides is 1. The highest BCUT2D eigenvalue weighted by Crippen LogP contribution is 2.26. The van der Waals surface area contributed by atoms with E-state index in [1.165, 1.54) is 0 Å². The molecule has 31 heavy (non-hydrogen) atoms. The molecule has 0 spiro atoms. The Hall–Kier alpha value is -1.55. The molecule has 1 heterocycles. The van der Waals surface area contributed by atoms with E-state index in [9.17, 15) is 4.79 Å². The number of nitrogens with two attached hydrogens (primary N) is 1. The Kier molecular flexibility index (Phi) is 10.3. The smallest absolute Gasteiger partial charge is 0.251 e. The van der Waals surface area contributed by atoms with E-state index in [0.29, 0.717) is 34.7 Å². The number of aliphatic imine (C=N–C) groups is 1. The van der Waals surface area contributed by atoms with Crippen molar-refractivity contribution in [2.45, 2.75) is 38.5 Å². The van der Waals surface area contributed by atoms with Crippen LogP contribution in [-0.4, -0.2) is 31.1 Å². The van der Waals surface area contributed by atoms with E-state index in [4.69, 9.17) is 33.7 Å². The number of carbonyl (C=O) groups is 1. The molecule has 0 radical (unpaired) electrons. The maximum Gasteiger partial charge on any atom is 0.251 e. The molecule has 2 atom stereocenters. The van der Waals surface area contributed by atoms with Crippen molar-refractivity contribution in [3.8, 4) is 0 Å². The molecule has 1 saturated heterocycles. The summed E-state index contributed by atoms with van der Waals surface area (Å²) < 4.78 is 5.54. The van der Waals surface area contributed by atoms with Crippen molar-refractivity contribution < 1.29 is 9.53 Å². The Balaban J connectivity index is 0.00000341. The van der Waals surface area contributed by atoms with E-state index in [0.717, 1.165) is 30.6 Å². The Morgan fingerprint density at radius 1 is 1.29 bits per heavy atom. The van der Waals surface area contributed by atoms with Crippen molar-refractivity contribution in [2.75, 3.05) is 13.2 Å². The van der Waals surface area contributed by atoms with Crippen LogP contribution in [0.25, 0.3) is 0 Å². The molecule has 4 N–H and O–H groups in total. The predicted octanol–water partition coefficient (Wildman–Crippen LogP) is 4.69. The quantitative estimate of drug-likeness (QED) is 0.253. The van der Waals surface area contributed by atoms with Crippen LogP contribution in [0.15, 0.2) is 47.5 Å². The van der Waals surface area contributed by atoms with E-state index < -0.39 is 0 Å². The Bertz CT molecular complexity index is 920. The third-order valence-electron chi connectivity index (χ3n) is 4.93. The van der Waals surface area contributed by atoms with Crippen molar-refractivity contribution in [2.24, 2.45) is 10.7 Å². The van der Waals surface area contributed by atoms with Gasteiger partial charge < -0.3 is 21.1 Å². The van der Waals surface area contributed by atoms with Crippen LogP contribution in [0, 0.1) is 0 Å². The van der Waals surface area contributed by atoms with Crippen molar-refractivity contribution in [3.05, 3.63) is 69.2 Å². The van der Waals surface area contributed by atoms with Crippen LogP contribution in [0.1, 0.15) is 47.3 Å². The largest absolute Gasteiger partial charge is 0.376 e. The van der Waals surface area contributed by atoms with Crippen molar-refractivity contribution in [3.63, 3.8) is 0 Å². The van der Waals surface area contributed by atoms with Gasteiger partial charge in [-0.3, -0.25) is 4.79 Å². The molecule has 0 aliphatic carbocycles. The molecule has 6 nitrogen and oxygen atoms in total. The number of benzene rings is 2. The molecular formula is C22H27Cl2IN4O2. The number of hydrogen-bond donors (Lipinski definition) is 3. The van der Waals surface area contributed by atoms with E-state index >= 15 is 0 Å². The van der Waals surface area contributed by atoms with E-state index in [2.05, 4.69) is 15.6 Å². The van der Waals surface area contributed by atoms with E-state index in [1.54, 1.807) is 18.2 Å². The minimum Gasteiger partial charge on any atom is -0.376 e. The topological polar surface area (TPSA) is 88.7 Å². The first-order chi connectivity index (χ1) is 14.4. The van der Waals surface area contributed by atoms with Gasteiger partial charge in [0.25, 0.3) is 5.91 Å². The maximum atomic E-state index is 12.4. The van der Waals surface area contributed by atoms with Gasteiger partial charge in [-0.1, -0.05) is 41.4 Å². The molecule has 2 unspecified atom stereocenters. The van der Waals surface area contributed by atoms with Crippen LogP contribution in [0.3, 0.4) is 0 Å². The van der Waals surface area contributed by atoms with Crippen LogP contribution in [0.4, 0.5) is 0 Å². The van der Waals surface area contributed by atoms with Gasteiger partial charge in [0.05, 0.1) is 18.7 Å². The first-order valence-electron chi connectivity index (χ1n) is 9.92. The fourth-order valence-corrected chi connectivity index (χ4v) is 3.87. The number of nitrogens with zero attached hydrogens (tertiary/aromatic N) is 1. The molecule has 2 aromatic rings. The highest BCUT2D eigenvalue weighted by atomic mass is 127. The highest BCUT2D eigenvalue weighted by Gasteiger charge is 2.17. The van der Waals surface area contributed by atoms with Gasteiger partial charge in [-0.25, -0.2) is 4.99 Å². The average Bonchev–Trinajstić information content (AvgIpc) is 3.24. The van der Waals surface area contributed by atoms with Gasteiger partial charge in [0.1, 0.15) is 0 Å². The number of hydrogen-bond acceptors (Lipinski definition) is 3. The molecule has 1 fully saturated rings. The van der Waals surface area contributed by atoms with Crippen LogP contribution in [-0.2, 0) is 11.3 Å². The summed E-state index contributed by atoms with van der Waals surface area (Å²) in [4.78, 5) is 16.8. The number of nitrogens with one attached hydrogen (secondary N) is 2. The van der Waals surface area contributed by atoms with E-state index in [-0.39, 0.29) is 42.0 Å². The fraction of sp³-hybridized carbons (Fsp3) is 0.364. The molecule has 9 heteroatoms. The number of halogens is 3. The van der Waals surface area contributed by atoms with Gasteiger partial charge in [-0.15, -0.1) is 24.0 Å². The lowest BCUT2D eigenvalue weighted by molar-refractivity contribution is 0.0857. The Labute approximate surface area is 209 Å². The molecule has 168 valence electrons. The summed E-state index contributed by atoms with van der Waals surface area (Å²) in [6.07, 6.45) is 2.15. The molecule has 2 aromatic carbocycles. The van der Waals surface area contributed by atoms with Gasteiger partial charge in [0.15, 0.2) is 5.96 Å². The molecule has 3 rings (SSSR count). The second-order valence-corrected chi connectivity index (χ2v) is 8.12. The van der Waals surface area contributed by atoms with Gasteiger partial charge in [0.2, 0.25) is 0 Å². The summed E-state index contributed by atoms with van der Waals surface area (Å²) in [5.74, 6) is 0.176. The lowest BCUT2D eigenvalue weighted by Crippen LogP contribution is -2.34. The van der Waals surface area contributed by atoms with Crippen LogP contribution >= 0.6 is 47.2 Å². The Morgan fingerprint density at radius 2 is 2.10 bits per heavy atom. The highest BCUT2D eigenvalue weighted by molar-refractivity contribution is 14.0. The number of ether oxygens (including phenoxy) is 1. The molecule has 0 aromatic heterocycles. The molecule has 1 amide bonds. The first kappa shape index (κ1) is 25.7. The fourth-order valence-electron chi connectivity index (χ4n) is 3.30. The second-order valence-electron chi connectivity index (χ2n) is 7.28. The summed E-state index contributed by atoms with van der Waals surface area (Å²) in [5.41, 5.74) is 8.39. The number of guanidine groups is 1. The lowest BCUT2D eigenvalue weighted by atomic mass is 10.1. The van der Waals surface area contributed by atoms with Crippen LogP contribution in [0.5, 0.6) is 0 Å².